The summed E-state index contributed by atoms with van der Waals surface area (Å²) in [7, 11) is 0. The zero-order valence-electron chi connectivity index (χ0n) is 18.0. The van der Waals surface area contributed by atoms with E-state index >= 15 is 0 Å². The van der Waals surface area contributed by atoms with E-state index in [1.807, 2.05) is 48.9 Å². The zero-order valence-corrected chi connectivity index (χ0v) is 18.0. The van der Waals surface area contributed by atoms with E-state index in [1.54, 1.807) is 12.4 Å². The van der Waals surface area contributed by atoms with Crippen molar-refractivity contribution in [3.63, 3.8) is 0 Å². The van der Waals surface area contributed by atoms with Gasteiger partial charge in [-0.2, -0.15) is 5.10 Å². The highest BCUT2D eigenvalue weighted by molar-refractivity contribution is 5.93. The number of anilines is 1. The second-order valence-corrected chi connectivity index (χ2v) is 7.78. The molecule has 0 atom stereocenters. The molecular formula is C23H25N5O3. The van der Waals surface area contributed by atoms with Gasteiger partial charge >= 0.3 is 0 Å². The van der Waals surface area contributed by atoms with Gasteiger partial charge < -0.3 is 14.6 Å². The maximum atomic E-state index is 12.5. The molecule has 3 heterocycles. The third-order valence-corrected chi connectivity index (χ3v) is 5.06. The highest BCUT2D eigenvalue weighted by Gasteiger charge is 2.11. The van der Waals surface area contributed by atoms with E-state index in [4.69, 9.17) is 9.26 Å². The van der Waals surface area contributed by atoms with E-state index in [-0.39, 0.29) is 18.4 Å². The van der Waals surface area contributed by atoms with Gasteiger partial charge in [0.15, 0.2) is 5.65 Å². The van der Waals surface area contributed by atoms with E-state index in [0.717, 1.165) is 39.4 Å². The number of pyridine rings is 1. The van der Waals surface area contributed by atoms with Crippen LogP contribution in [0.1, 0.15) is 42.5 Å². The topological polar surface area (TPSA) is 95.1 Å². The average molecular weight is 419 g/mol. The number of carbonyl (C=O) groups is 1. The standard InChI is InChI=1S/C23H25N5O3/c1-14(2)28-23-18(11-25-28)10-19(12-24-23)26-22(29)9-17-5-7-20(8-6-17)30-13-21-15(3)27-31-16(21)4/h5-8,10-12,14H,9,13H2,1-4H3,(H,26,29). The molecule has 8 nitrogen and oxygen atoms in total. The smallest absolute Gasteiger partial charge is 0.228 e. The van der Waals surface area contributed by atoms with Crippen LogP contribution in [-0.2, 0) is 17.8 Å². The SMILES string of the molecule is Cc1noc(C)c1COc1ccc(CC(=O)Nc2cnc3c(cnn3C(C)C)c2)cc1. The number of nitrogens with zero attached hydrogens (tertiary/aromatic N) is 4. The molecule has 0 fully saturated rings. The number of aromatic nitrogens is 4. The Hall–Kier alpha value is -3.68. The first-order valence-electron chi connectivity index (χ1n) is 10.2. The average Bonchev–Trinajstić information content (AvgIpc) is 3.30. The predicted molar refractivity (Wildman–Crippen MR) is 117 cm³/mol. The molecule has 1 amide bonds. The molecule has 0 saturated heterocycles. The van der Waals surface area contributed by atoms with Gasteiger partial charge in [-0.1, -0.05) is 17.3 Å². The van der Waals surface area contributed by atoms with Crippen LogP contribution in [0.25, 0.3) is 11.0 Å². The van der Waals surface area contributed by atoms with Gasteiger partial charge in [0.05, 0.1) is 35.8 Å². The van der Waals surface area contributed by atoms with Crippen molar-refractivity contribution in [1.29, 1.82) is 0 Å². The molecule has 31 heavy (non-hydrogen) atoms. The van der Waals surface area contributed by atoms with Gasteiger partial charge in [0.25, 0.3) is 0 Å². The van der Waals surface area contributed by atoms with Gasteiger partial charge in [0.1, 0.15) is 18.1 Å². The molecule has 0 spiro atoms. The molecule has 8 heteroatoms. The molecule has 0 saturated carbocycles. The van der Waals surface area contributed by atoms with Crippen molar-refractivity contribution in [3.8, 4) is 5.75 Å². The highest BCUT2D eigenvalue weighted by atomic mass is 16.5. The lowest BCUT2D eigenvalue weighted by molar-refractivity contribution is -0.115. The van der Waals surface area contributed by atoms with Gasteiger partial charge in [-0.3, -0.25) is 4.79 Å². The fraction of sp³-hybridized carbons (Fsp3) is 0.304. The van der Waals surface area contributed by atoms with Crippen LogP contribution >= 0.6 is 0 Å². The number of rotatable bonds is 7. The molecular weight excluding hydrogens is 394 g/mol. The summed E-state index contributed by atoms with van der Waals surface area (Å²) in [5, 5.41) is 12.1. The Labute approximate surface area is 180 Å². The van der Waals surface area contributed by atoms with E-state index < -0.39 is 0 Å². The molecule has 0 aliphatic heterocycles. The Morgan fingerprint density at radius 2 is 1.97 bits per heavy atom. The van der Waals surface area contributed by atoms with Gasteiger partial charge in [0, 0.05) is 11.4 Å². The molecule has 4 rings (SSSR count). The zero-order chi connectivity index (χ0) is 22.0. The minimum Gasteiger partial charge on any atom is -0.489 e. The van der Waals surface area contributed by atoms with Gasteiger partial charge in [-0.05, 0) is 51.5 Å². The van der Waals surface area contributed by atoms with E-state index in [0.29, 0.717) is 12.3 Å². The summed E-state index contributed by atoms with van der Waals surface area (Å²) in [6.45, 7) is 8.25. The Morgan fingerprint density at radius 3 is 2.65 bits per heavy atom. The summed E-state index contributed by atoms with van der Waals surface area (Å²) in [6, 6.07) is 9.59. The van der Waals surface area contributed by atoms with Crippen molar-refractivity contribution in [2.75, 3.05) is 5.32 Å². The van der Waals surface area contributed by atoms with Gasteiger partial charge in [0.2, 0.25) is 5.91 Å². The molecule has 160 valence electrons. The minimum atomic E-state index is -0.109. The number of aryl methyl sites for hydroxylation is 2. The van der Waals surface area contributed by atoms with Crippen molar-refractivity contribution in [2.45, 2.75) is 46.8 Å². The van der Waals surface area contributed by atoms with E-state index in [1.165, 1.54) is 0 Å². The number of amides is 1. The second-order valence-electron chi connectivity index (χ2n) is 7.78. The number of hydrogen-bond acceptors (Lipinski definition) is 6. The Balaban J connectivity index is 1.35. The number of nitrogens with one attached hydrogen (secondary N) is 1. The van der Waals surface area contributed by atoms with Crippen LogP contribution in [0.3, 0.4) is 0 Å². The summed E-state index contributed by atoms with van der Waals surface area (Å²) < 4.78 is 12.8. The summed E-state index contributed by atoms with van der Waals surface area (Å²) >= 11 is 0. The normalized spacial score (nSPS) is 11.3. The lowest BCUT2D eigenvalue weighted by Crippen LogP contribution is -2.14. The molecule has 0 unspecified atom stereocenters. The first-order valence-corrected chi connectivity index (χ1v) is 10.2. The van der Waals surface area contributed by atoms with Crippen molar-refractivity contribution in [1.82, 2.24) is 19.9 Å². The van der Waals surface area contributed by atoms with Crippen LogP contribution in [-0.4, -0.2) is 25.8 Å². The van der Waals surface area contributed by atoms with Crippen LogP contribution in [0.15, 0.2) is 47.2 Å². The summed E-state index contributed by atoms with van der Waals surface area (Å²) in [6.07, 6.45) is 3.68. The monoisotopic (exact) mass is 419 g/mol. The number of hydrogen-bond donors (Lipinski definition) is 1. The number of fused-ring (bicyclic) bond motifs is 1. The van der Waals surface area contributed by atoms with Gasteiger partial charge in [-0.15, -0.1) is 0 Å². The number of benzene rings is 1. The van der Waals surface area contributed by atoms with Crippen LogP contribution in [0.5, 0.6) is 5.75 Å². The number of ether oxygens (including phenoxy) is 1. The summed E-state index contributed by atoms with van der Waals surface area (Å²) in [5.41, 5.74) is 4.13. The van der Waals surface area contributed by atoms with E-state index in [2.05, 4.69) is 34.4 Å². The fourth-order valence-corrected chi connectivity index (χ4v) is 3.34. The molecule has 3 aromatic heterocycles. The first-order chi connectivity index (χ1) is 14.9. The first kappa shape index (κ1) is 20.6. The minimum absolute atomic E-state index is 0.109. The number of carbonyl (C=O) groups excluding carboxylic acids is 1. The third-order valence-electron chi connectivity index (χ3n) is 5.06. The molecule has 1 aromatic carbocycles. The quantitative estimate of drug-likeness (QED) is 0.478. The Bertz CT molecular complexity index is 1190. The maximum absolute atomic E-state index is 12.5. The van der Waals surface area contributed by atoms with Crippen LogP contribution in [0, 0.1) is 13.8 Å². The molecule has 0 radical (unpaired) electrons. The largest absolute Gasteiger partial charge is 0.489 e. The van der Waals surface area contributed by atoms with Crippen molar-refractivity contribution >= 4 is 22.6 Å². The molecule has 0 aliphatic rings. The Morgan fingerprint density at radius 1 is 1.19 bits per heavy atom. The van der Waals surface area contributed by atoms with Crippen LogP contribution in [0.2, 0.25) is 0 Å². The van der Waals surface area contributed by atoms with Crippen LogP contribution < -0.4 is 10.1 Å². The summed E-state index contributed by atoms with van der Waals surface area (Å²) in [4.78, 5) is 16.9. The second kappa shape index (κ2) is 8.59. The predicted octanol–water partition coefficient (Wildman–Crippen LogP) is 4.38. The van der Waals surface area contributed by atoms with E-state index in [9.17, 15) is 4.79 Å². The molecule has 0 bridgehead atoms. The lowest BCUT2D eigenvalue weighted by atomic mass is 10.1. The maximum Gasteiger partial charge on any atom is 0.228 e. The summed E-state index contributed by atoms with van der Waals surface area (Å²) in [5.74, 6) is 1.37. The molecule has 0 aliphatic carbocycles. The Kier molecular flexibility index (Phi) is 5.70. The van der Waals surface area contributed by atoms with Crippen molar-refractivity contribution in [2.24, 2.45) is 0 Å². The van der Waals surface area contributed by atoms with Crippen molar-refractivity contribution in [3.05, 3.63) is 65.3 Å². The van der Waals surface area contributed by atoms with Gasteiger partial charge in [-0.25, -0.2) is 9.67 Å². The third kappa shape index (κ3) is 4.58. The highest BCUT2D eigenvalue weighted by Crippen LogP contribution is 2.20. The lowest BCUT2D eigenvalue weighted by Gasteiger charge is -2.09. The fourth-order valence-electron chi connectivity index (χ4n) is 3.34. The van der Waals surface area contributed by atoms with Crippen LogP contribution in [0.4, 0.5) is 5.69 Å². The molecule has 4 aromatic rings. The van der Waals surface area contributed by atoms with Crippen molar-refractivity contribution < 1.29 is 14.1 Å². The molecule has 1 N–H and O–H groups in total.